The Morgan fingerprint density at radius 3 is 2.62 bits per heavy atom. The summed E-state index contributed by atoms with van der Waals surface area (Å²) in [7, 11) is 0. The molecule has 0 spiro atoms. The molecule has 0 saturated heterocycles. The Balaban J connectivity index is 2.09. The van der Waals surface area contributed by atoms with Crippen molar-refractivity contribution in [2.45, 2.75) is 38.5 Å². The second-order valence-corrected chi connectivity index (χ2v) is 4.05. The van der Waals surface area contributed by atoms with E-state index in [1.807, 2.05) is 18.2 Å². The highest BCUT2D eigenvalue weighted by Crippen LogP contribution is 2.11. The van der Waals surface area contributed by atoms with Gasteiger partial charge in [-0.05, 0) is 37.0 Å². The highest BCUT2D eigenvalue weighted by molar-refractivity contribution is 5.66. The molecule has 0 amide bonds. The molecule has 0 bridgehead atoms. The molecule has 0 saturated carbocycles. The van der Waals surface area contributed by atoms with Gasteiger partial charge in [0.05, 0.1) is 0 Å². The van der Waals surface area contributed by atoms with Crippen molar-refractivity contribution in [3.8, 4) is 0 Å². The Morgan fingerprint density at radius 2 is 1.94 bits per heavy atom. The fraction of sp³-hybridized carbons (Fsp3) is 0.462. The van der Waals surface area contributed by atoms with Crippen molar-refractivity contribution in [3.63, 3.8) is 0 Å². The van der Waals surface area contributed by atoms with Gasteiger partial charge in [-0.15, -0.1) is 0 Å². The van der Waals surface area contributed by atoms with Crippen LogP contribution in [0.3, 0.4) is 0 Å². The van der Waals surface area contributed by atoms with E-state index in [4.69, 9.17) is 10.8 Å². The molecule has 88 valence electrons. The number of hydrogen-bond acceptors (Lipinski definition) is 2. The molecule has 3 heteroatoms. The number of anilines is 1. The molecule has 16 heavy (non-hydrogen) atoms. The number of unbranched alkanes of at least 4 members (excludes halogenated alkanes) is 3. The third-order valence-electron chi connectivity index (χ3n) is 2.56. The zero-order chi connectivity index (χ0) is 11.8. The van der Waals surface area contributed by atoms with Gasteiger partial charge in [0.25, 0.3) is 0 Å². The highest BCUT2D eigenvalue weighted by Gasteiger charge is 1.97. The lowest BCUT2D eigenvalue weighted by Gasteiger charge is -2.02. The molecule has 0 radical (unpaired) electrons. The lowest BCUT2D eigenvalue weighted by Crippen LogP contribution is -1.94. The minimum atomic E-state index is -0.698. The van der Waals surface area contributed by atoms with Crippen LogP contribution in [0, 0.1) is 0 Å². The maximum Gasteiger partial charge on any atom is 0.303 e. The molecule has 1 aromatic carbocycles. The molecule has 0 aliphatic heterocycles. The van der Waals surface area contributed by atoms with Gasteiger partial charge in [-0.3, -0.25) is 4.79 Å². The topological polar surface area (TPSA) is 63.3 Å². The molecule has 1 aromatic rings. The third kappa shape index (κ3) is 5.39. The second-order valence-electron chi connectivity index (χ2n) is 4.05. The molecule has 0 aromatic heterocycles. The molecule has 3 N–H and O–H groups in total. The number of hydrogen-bond donors (Lipinski definition) is 2. The number of aryl methyl sites for hydroxylation is 1. The monoisotopic (exact) mass is 221 g/mol. The van der Waals surface area contributed by atoms with E-state index < -0.39 is 5.97 Å². The van der Waals surface area contributed by atoms with Gasteiger partial charge < -0.3 is 10.8 Å². The number of carboxylic acids is 1. The molecule has 0 aliphatic carbocycles. The summed E-state index contributed by atoms with van der Waals surface area (Å²) in [6.07, 6.45) is 5.28. The van der Waals surface area contributed by atoms with Crippen LogP contribution in [-0.2, 0) is 11.2 Å². The fourth-order valence-corrected chi connectivity index (χ4v) is 1.71. The van der Waals surface area contributed by atoms with E-state index in [0.29, 0.717) is 0 Å². The maximum absolute atomic E-state index is 10.3. The van der Waals surface area contributed by atoms with Crippen LogP contribution in [0.4, 0.5) is 5.69 Å². The van der Waals surface area contributed by atoms with E-state index in [9.17, 15) is 4.79 Å². The standard InChI is InChI=1S/C13H19NO2/c14-12-8-5-7-11(10-12)6-3-1-2-4-9-13(15)16/h5,7-8,10H,1-4,6,9,14H2,(H,15,16). The van der Waals surface area contributed by atoms with Gasteiger partial charge in [0.1, 0.15) is 0 Å². The van der Waals surface area contributed by atoms with Crippen LogP contribution >= 0.6 is 0 Å². The molecule has 3 nitrogen and oxygen atoms in total. The van der Waals surface area contributed by atoms with E-state index >= 15 is 0 Å². The average Bonchev–Trinajstić information content (AvgIpc) is 2.23. The SMILES string of the molecule is Nc1cccc(CCCCCCC(=O)O)c1. The third-order valence-corrected chi connectivity index (χ3v) is 2.56. The van der Waals surface area contributed by atoms with Crippen molar-refractivity contribution >= 4 is 11.7 Å². The predicted octanol–water partition coefficient (Wildman–Crippen LogP) is 2.85. The van der Waals surface area contributed by atoms with Crippen LogP contribution in [0.1, 0.15) is 37.7 Å². The first-order valence-electron chi connectivity index (χ1n) is 5.74. The van der Waals surface area contributed by atoms with Gasteiger partial charge in [0, 0.05) is 12.1 Å². The summed E-state index contributed by atoms with van der Waals surface area (Å²) in [6, 6.07) is 7.93. The minimum absolute atomic E-state index is 0.290. The molecule has 0 heterocycles. The number of nitrogen functional groups attached to an aromatic ring is 1. The first-order chi connectivity index (χ1) is 7.68. The van der Waals surface area contributed by atoms with E-state index in [0.717, 1.165) is 37.8 Å². The minimum Gasteiger partial charge on any atom is -0.481 e. The van der Waals surface area contributed by atoms with Gasteiger partial charge in [-0.1, -0.05) is 25.0 Å². The van der Waals surface area contributed by atoms with Crippen molar-refractivity contribution in [2.75, 3.05) is 5.73 Å². The lowest BCUT2D eigenvalue weighted by atomic mass is 10.1. The molecule has 0 aliphatic rings. The zero-order valence-electron chi connectivity index (χ0n) is 9.48. The van der Waals surface area contributed by atoms with Crippen molar-refractivity contribution in [2.24, 2.45) is 0 Å². The van der Waals surface area contributed by atoms with Gasteiger partial charge in [0.2, 0.25) is 0 Å². The smallest absolute Gasteiger partial charge is 0.303 e. The van der Waals surface area contributed by atoms with Gasteiger partial charge >= 0.3 is 5.97 Å². The van der Waals surface area contributed by atoms with Crippen LogP contribution in [0.5, 0.6) is 0 Å². The van der Waals surface area contributed by atoms with Crippen LogP contribution < -0.4 is 5.73 Å². The van der Waals surface area contributed by atoms with Crippen molar-refractivity contribution in [3.05, 3.63) is 29.8 Å². The number of aliphatic carboxylic acids is 1. The zero-order valence-corrected chi connectivity index (χ0v) is 9.48. The Hall–Kier alpha value is -1.51. The van der Waals surface area contributed by atoms with E-state index in [1.165, 1.54) is 5.56 Å². The van der Waals surface area contributed by atoms with Crippen LogP contribution in [0.15, 0.2) is 24.3 Å². The normalized spacial score (nSPS) is 10.2. The Labute approximate surface area is 96.3 Å². The first-order valence-corrected chi connectivity index (χ1v) is 5.74. The Bertz CT molecular complexity index is 336. The summed E-state index contributed by atoms with van der Waals surface area (Å²) in [4.78, 5) is 10.3. The van der Waals surface area contributed by atoms with E-state index in [-0.39, 0.29) is 6.42 Å². The number of nitrogens with two attached hydrogens (primary N) is 1. The van der Waals surface area contributed by atoms with Crippen LogP contribution in [0.25, 0.3) is 0 Å². The predicted molar refractivity (Wildman–Crippen MR) is 65.3 cm³/mol. The summed E-state index contributed by atoms with van der Waals surface area (Å²) in [6.45, 7) is 0. The van der Waals surface area contributed by atoms with Gasteiger partial charge in [0.15, 0.2) is 0 Å². The molecule has 0 fully saturated rings. The number of benzene rings is 1. The van der Waals surface area contributed by atoms with Crippen molar-refractivity contribution in [1.82, 2.24) is 0 Å². The Morgan fingerprint density at radius 1 is 1.19 bits per heavy atom. The molecular formula is C13H19NO2. The van der Waals surface area contributed by atoms with Crippen molar-refractivity contribution in [1.29, 1.82) is 0 Å². The molecule has 1 rings (SSSR count). The molecule has 0 unspecified atom stereocenters. The van der Waals surface area contributed by atoms with Gasteiger partial charge in [-0.25, -0.2) is 0 Å². The van der Waals surface area contributed by atoms with Crippen LogP contribution in [0.2, 0.25) is 0 Å². The summed E-state index contributed by atoms with van der Waals surface area (Å²) in [5, 5.41) is 8.46. The van der Waals surface area contributed by atoms with Crippen molar-refractivity contribution < 1.29 is 9.90 Å². The quantitative estimate of drug-likeness (QED) is 0.549. The number of rotatable bonds is 7. The fourth-order valence-electron chi connectivity index (χ4n) is 1.71. The number of carboxylic acid groups (broad SMARTS) is 1. The molecule has 0 atom stereocenters. The van der Waals surface area contributed by atoms with E-state index in [1.54, 1.807) is 0 Å². The first kappa shape index (κ1) is 12.6. The van der Waals surface area contributed by atoms with E-state index in [2.05, 4.69) is 6.07 Å². The summed E-state index contributed by atoms with van der Waals surface area (Å²) in [5.74, 6) is -0.698. The van der Waals surface area contributed by atoms with Gasteiger partial charge in [-0.2, -0.15) is 0 Å². The Kier molecular flexibility index (Phi) is 5.40. The number of carbonyl (C=O) groups is 1. The summed E-state index contributed by atoms with van der Waals surface area (Å²) >= 11 is 0. The lowest BCUT2D eigenvalue weighted by molar-refractivity contribution is -0.137. The van der Waals surface area contributed by atoms with Crippen LogP contribution in [-0.4, -0.2) is 11.1 Å². The largest absolute Gasteiger partial charge is 0.481 e. The summed E-state index contributed by atoms with van der Waals surface area (Å²) in [5.41, 5.74) is 7.75. The highest BCUT2D eigenvalue weighted by atomic mass is 16.4. The maximum atomic E-state index is 10.3. The molecular weight excluding hydrogens is 202 g/mol. The average molecular weight is 221 g/mol. The summed E-state index contributed by atoms with van der Waals surface area (Å²) < 4.78 is 0. The second kappa shape index (κ2) is 6.88.